The van der Waals surface area contributed by atoms with Crippen LogP contribution in [0.25, 0.3) is 0 Å². The number of thiol groups is 1. The summed E-state index contributed by atoms with van der Waals surface area (Å²) in [6.45, 7) is 4.18. The number of aromatic nitrogens is 1. The average Bonchev–Trinajstić information content (AvgIpc) is 3.17. The fraction of sp³-hybridized carbons (Fsp3) is 0.481. The predicted molar refractivity (Wildman–Crippen MR) is 144 cm³/mol. The highest BCUT2D eigenvalue weighted by atomic mass is 32.1. The third-order valence-electron chi connectivity index (χ3n) is 7.80. The Balaban J connectivity index is 1.34. The van der Waals surface area contributed by atoms with Crippen LogP contribution in [0.15, 0.2) is 30.5 Å². The minimum absolute atomic E-state index is 0.160. The van der Waals surface area contributed by atoms with Crippen molar-refractivity contribution in [3.05, 3.63) is 53.1 Å². The molecule has 0 radical (unpaired) electrons. The topological polar surface area (TPSA) is 102 Å². The maximum absolute atomic E-state index is 15.2. The summed E-state index contributed by atoms with van der Waals surface area (Å²) in [5.74, 6) is -1.86. The van der Waals surface area contributed by atoms with Crippen molar-refractivity contribution in [2.75, 3.05) is 49.2 Å². The van der Waals surface area contributed by atoms with E-state index in [9.17, 15) is 22.8 Å². The van der Waals surface area contributed by atoms with E-state index in [1.165, 1.54) is 18.2 Å². The first kappa shape index (κ1) is 29.1. The van der Waals surface area contributed by atoms with Gasteiger partial charge in [-0.25, -0.2) is 9.37 Å². The second-order valence-corrected chi connectivity index (χ2v) is 10.7. The van der Waals surface area contributed by atoms with Gasteiger partial charge in [-0.05, 0) is 56.5 Å². The number of ether oxygens (including phenoxy) is 1. The summed E-state index contributed by atoms with van der Waals surface area (Å²) in [6, 6.07) is 6.10. The number of nitriles is 1. The molecule has 41 heavy (non-hydrogen) atoms. The van der Waals surface area contributed by atoms with Crippen molar-refractivity contribution in [2.45, 2.75) is 42.9 Å². The van der Waals surface area contributed by atoms with Crippen LogP contribution in [0.1, 0.15) is 47.3 Å². The smallest absolute Gasteiger partial charge is 0.379 e. The minimum atomic E-state index is -4.86. The second kappa shape index (κ2) is 11.5. The Morgan fingerprint density at radius 1 is 1.22 bits per heavy atom. The van der Waals surface area contributed by atoms with Gasteiger partial charge in [0.2, 0.25) is 0 Å². The number of halogens is 4. The quantitative estimate of drug-likeness (QED) is 0.288. The Kier molecular flexibility index (Phi) is 8.13. The molecule has 3 heterocycles. The number of hydrogen-bond acceptors (Lipinski definition) is 8. The lowest BCUT2D eigenvalue weighted by atomic mass is 9.75. The molecule has 1 unspecified atom stereocenters. The van der Waals surface area contributed by atoms with Crippen LogP contribution in [-0.2, 0) is 15.7 Å². The van der Waals surface area contributed by atoms with Crippen molar-refractivity contribution in [1.29, 1.82) is 5.26 Å². The van der Waals surface area contributed by atoms with Gasteiger partial charge in [0, 0.05) is 25.3 Å². The number of anilines is 2. The van der Waals surface area contributed by atoms with E-state index >= 15 is 4.39 Å². The third-order valence-corrected chi connectivity index (χ3v) is 8.26. The van der Waals surface area contributed by atoms with Crippen molar-refractivity contribution in [1.82, 2.24) is 15.2 Å². The molecule has 2 saturated heterocycles. The molecule has 5 rings (SSSR count). The van der Waals surface area contributed by atoms with Crippen LogP contribution >= 0.6 is 12.6 Å². The highest BCUT2D eigenvalue weighted by Crippen LogP contribution is 2.50. The number of pyridine rings is 1. The van der Waals surface area contributed by atoms with E-state index in [0.717, 1.165) is 36.8 Å². The molecule has 2 aromatic rings. The first-order chi connectivity index (χ1) is 19.6. The largest absolute Gasteiger partial charge is 0.419 e. The summed E-state index contributed by atoms with van der Waals surface area (Å²) in [5, 5.41) is 11.8. The van der Waals surface area contributed by atoms with E-state index in [1.807, 2.05) is 0 Å². The zero-order chi connectivity index (χ0) is 29.4. The molecule has 218 valence electrons. The number of hydrogen-bond donors (Lipinski definition) is 2. The van der Waals surface area contributed by atoms with Gasteiger partial charge in [0.25, 0.3) is 11.8 Å². The molecule has 2 aliphatic heterocycles. The van der Waals surface area contributed by atoms with E-state index in [1.54, 1.807) is 4.90 Å². The zero-order valence-corrected chi connectivity index (χ0v) is 22.8. The fourth-order valence-electron chi connectivity index (χ4n) is 5.52. The number of nitrogens with one attached hydrogen (secondary N) is 1. The van der Waals surface area contributed by atoms with Crippen molar-refractivity contribution >= 4 is 35.8 Å². The van der Waals surface area contributed by atoms with Crippen LogP contribution in [-0.4, -0.2) is 72.1 Å². The van der Waals surface area contributed by atoms with E-state index in [0.29, 0.717) is 51.5 Å². The highest BCUT2D eigenvalue weighted by molar-refractivity contribution is 7.81. The standard InChI is InChI=1S/C27H28F4N6O3S/c28-21-14-17(3-4-19(21)23(38)33-7-2-8-35-9-11-40-12-10-35)37-25(41)36(24(39)26(37)5-1-6-26)18-13-20(27(29,30)31)22(15-32)34-16-18/h3-4,13-14,16,25,41H,1-2,5-12H2,(H,33,38). The molecule has 9 nitrogen and oxygen atoms in total. The monoisotopic (exact) mass is 592 g/mol. The summed E-state index contributed by atoms with van der Waals surface area (Å²) in [4.78, 5) is 34.8. The van der Waals surface area contributed by atoms with Gasteiger partial charge in [-0.3, -0.25) is 19.4 Å². The number of carbonyl (C=O) groups is 2. The van der Waals surface area contributed by atoms with Gasteiger partial charge in [-0.1, -0.05) is 0 Å². The Morgan fingerprint density at radius 2 is 1.95 bits per heavy atom. The van der Waals surface area contributed by atoms with Crippen LogP contribution in [0.5, 0.6) is 0 Å². The Hall–Kier alpha value is -3.41. The zero-order valence-electron chi connectivity index (χ0n) is 22.0. The van der Waals surface area contributed by atoms with Gasteiger partial charge in [-0.15, -0.1) is 12.6 Å². The lowest BCUT2D eigenvalue weighted by Gasteiger charge is -2.44. The number of carbonyl (C=O) groups excluding carboxylic acids is 2. The van der Waals surface area contributed by atoms with Crippen molar-refractivity contribution in [2.24, 2.45) is 0 Å². The molecule has 14 heteroatoms. The van der Waals surface area contributed by atoms with Gasteiger partial charge in [0.05, 0.1) is 36.2 Å². The molecule has 2 amide bonds. The number of rotatable bonds is 7. The van der Waals surface area contributed by atoms with Crippen LogP contribution in [0.2, 0.25) is 0 Å². The first-order valence-corrected chi connectivity index (χ1v) is 13.7. The number of benzene rings is 1. The molecule has 3 fully saturated rings. The molecule has 1 saturated carbocycles. The van der Waals surface area contributed by atoms with Gasteiger partial charge in [0.1, 0.15) is 17.4 Å². The molecular formula is C27H28F4N6O3S. The van der Waals surface area contributed by atoms with Crippen molar-refractivity contribution in [3.63, 3.8) is 0 Å². The minimum Gasteiger partial charge on any atom is -0.379 e. The lowest BCUT2D eigenvalue weighted by Crippen LogP contribution is -2.55. The molecule has 1 aromatic heterocycles. The maximum atomic E-state index is 15.2. The SMILES string of the molecule is N#Cc1ncc(N2C(=O)C3(CCC3)N(c3ccc(C(=O)NCCCN4CCOCC4)c(F)c3)C2S)cc1C(F)(F)F. The Bertz CT molecular complexity index is 1370. The van der Waals surface area contributed by atoms with Crippen molar-refractivity contribution < 1.29 is 31.9 Å². The molecular weight excluding hydrogens is 564 g/mol. The van der Waals surface area contributed by atoms with Crippen LogP contribution in [0, 0.1) is 17.1 Å². The van der Waals surface area contributed by atoms with Crippen LogP contribution in [0.4, 0.5) is 28.9 Å². The number of amides is 2. The number of nitrogens with zero attached hydrogens (tertiary/aromatic N) is 5. The molecule has 1 aromatic carbocycles. The van der Waals surface area contributed by atoms with Gasteiger partial charge in [-0.2, -0.15) is 18.4 Å². The van der Waals surface area contributed by atoms with Crippen LogP contribution in [0.3, 0.4) is 0 Å². The Morgan fingerprint density at radius 3 is 2.56 bits per heavy atom. The second-order valence-electron chi connectivity index (χ2n) is 10.2. The van der Waals surface area contributed by atoms with Gasteiger partial charge >= 0.3 is 6.18 Å². The highest BCUT2D eigenvalue weighted by Gasteiger charge is 2.60. The van der Waals surface area contributed by atoms with Gasteiger partial charge in [0.15, 0.2) is 11.2 Å². The van der Waals surface area contributed by atoms with E-state index in [4.69, 9.17) is 10.00 Å². The summed E-state index contributed by atoms with van der Waals surface area (Å²) in [6.07, 6.45) is -1.67. The van der Waals surface area contributed by atoms with Crippen molar-refractivity contribution in [3.8, 4) is 6.07 Å². The average molecular weight is 593 g/mol. The molecule has 3 aliphatic rings. The maximum Gasteiger partial charge on any atom is 0.419 e. The normalized spacial score (nSPS) is 20.7. The fourth-order valence-corrected chi connectivity index (χ4v) is 6.11. The van der Waals surface area contributed by atoms with Gasteiger partial charge < -0.3 is 15.0 Å². The summed E-state index contributed by atoms with van der Waals surface area (Å²) in [5.41, 5.74) is -4.36. The molecule has 1 N–H and O–H groups in total. The summed E-state index contributed by atoms with van der Waals surface area (Å²) >= 11 is 4.57. The van der Waals surface area contributed by atoms with E-state index < -0.39 is 46.1 Å². The molecule has 1 spiro atoms. The Labute approximate surface area is 239 Å². The predicted octanol–water partition coefficient (Wildman–Crippen LogP) is 3.55. The first-order valence-electron chi connectivity index (χ1n) is 13.2. The lowest BCUT2D eigenvalue weighted by molar-refractivity contribution is -0.138. The molecule has 1 atom stereocenters. The summed E-state index contributed by atoms with van der Waals surface area (Å²) in [7, 11) is 0. The van der Waals surface area contributed by atoms with E-state index in [2.05, 4.69) is 27.8 Å². The number of morpholine rings is 1. The molecule has 1 aliphatic carbocycles. The third kappa shape index (κ3) is 5.45. The van der Waals surface area contributed by atoms with E-state index in [-0.39, 0.29) is 16.9 Å². The summed E-state index contributed by atoms with van der Waals surface area (Å²) < 4.78 is 61.3. The number of alkyl halides is 3. The molecule has 0 bridgehead atoms. The van der Waals surface area contributed by atoms with Crippen LogP contribution < -0.4 is 15.1 Å².